The normalized spacial score (nSPS) is 24.8. The second-order valence-electron chi connectivity index (χ2n) is 6.45. The number of likely N-dealkylation sites (tertiary alicyclic amines) is 1. The van der Waals surface area contributed by atoms with Gasteiger partial charge in [-0.05, 0) is 44.4 Å². The molecule has 2 heterocycles. The fraction of sp³-hybridized carbons (Fsp3) is 0.933. The van der Waals surface area contributed by atoms with Crippen LogP contribution < -0.4 is 5.32 Å². The van der Waals surface area contributed by atoms with Crippen LogP contribution in [0.5, 0.6) is 0 Å². The minimum atomic E-state index is -3.00. The molecule has 0 saturated carbocycles. The van der Waals surface area contributed by atoms with Crippen molar-refractivity contribution in [3.8, 4) is 0 Å². The third-order valence-corrected chi connectivity index (χ3v) is 6.42. The van der Waals surface area contributed by atoms with E-state index in [-0.39, 0.29) is 11.3 Å². The summed E-state index contributed by atoms with van der Waals surface area (Å²) in [6.45, 7) is 3.53. The van der Waals surface area contributed by atoms with Crippen LogP contribution in [0.1, 0.15) is 38.5 Å². The van der Waals surface area contributed by atoms with Crippen molar-refractivity contribution in [3.63, 3.8) is 0 Å². The summed E-state index contributed by atoms with van der Waals surface area (Å²) in [5.41, 5.74) is 0. The lowest BCUT2D eigenvalue weighted by Gasteiger charge is -2.24. The van der Waals surface area contributed by atoms with E-state index in [0.717, 1.165) is 38.9 Å². The Balaban J connectivity index is 1.71. The number of carbonyl (C=O) groups is 1. The molecule has 0 bridgehead atoms. The maximum absolute atomic E-state index is 12.2. The standard InChI is InChI=1S/C15H28N2O4S/c1-22(19,20)14-3-2-9-17(10-5-14)15(18)16-8-4-13-6-11-21-12-7-13/h13-14H,2-12H2,1H3,(H,16,18). The fourth-order valence-corrected chi connectivity index (χ4v) is 4.36. The number of rotatable bonds is 4. The van der Waals surface area contributed by atoms with Gasteiger partial charge in [-0.25, -0.2) is 13.2 Å². The molecular formula is C15H28N2O4S. The van der Waals surface area contributed by atoms with Gasteiger partial charge < -0.3 is 15.0 Å². The molecule has 2 rings (SSSR count). The second-order valence-corrected chi connectivity index (χ2v) is 8.77. The highest BCUT2D eigenvalue weighted by molar-refractivity contribution is 7.91. The molecule has 1 atom stereocenters. The number of sulfone groups is 1. The first kappa shape index (κ1) is 17.5. The number of hydrogen-bond donors (Lipinski definition) is 1. The van der Waals surface area contributed by atoms with E-state index in [0.29, 0.717) is 38.4 Å². The van der Waals surface area contributed by atoms with Crippen LogP contribution in [0, 0.1) is 5.92 Å². The Hall–Kier alpha value is -0.820. The molecule has 0 aromatic carbocycles. The number of hydrogen-bond acceptors (Lipinski definition) is 4. The molecule has 0 aromatic heterocycles. The van der Waals surface area contributed by atoms with Crippen molar-refractivity contribution in [3.05, 3.63) is 0 Å². The highest BCUT2D eigenvalue weighted by Gasteiger charge is 2.26. The molecule has 2 aliphatic rings. The lowest BCUT2D eigenvalue weighted by molar-refractivity contribution is 0.0640. The van der Waals surface area contributed by atoms with Gasteiger partial charge in [-0.15, -0.1) is 0 Å². The van der Waals surface area contributed by atoms with Crippen LogP contribution in [-0.4, -0.2) is 63.7 Å². The number of nitrogens with one attached hydrogen (secondary N) is 1. The third kappa shape index (κ3) is 5.43. The summed E-state index contributed by atoms with van der Waals surface area (Å²) in [7, 11) is -3.00. The summed E-state index contributed by atoms with van der Waals surface area (Å²) in [4.78, 5) is 13.9. The molecule has 0 aromatic rings. The predicted molar refractivity (Wildman–Crippen MR) is 85.6 cm³/mol. The van der Waals surface area contributed by atoms with Crippen molar-refractivity contribution in [1.29, 1.82) is 0 Å². The molecule has 7 heteroatoms. The summed E-state index contributed by atoms with van der Waals surface area (Å²) < 4.78 is 28.6. The lowest BCUT2D eigenvalue weighted by atomic mass is 9.97. The zero-order valence-corrected chi connectivity index (χ0v) is 14.2. The van der Waals surface area contributed by atoms with Crippen LogP contribution >= 0.6 is 0 Å². The monoisotopic (exact) mass is 332 g/mol. The Morgan fingerprint density at radius 2 is 1.91 bits per heavy atom. The summed E-state index contributed by atoms with van der Waals surface area (Å²) >= 11 is 0. The minimum absolute atomic E-state index is 0.0544. The molecule has 22 heavy (non-hydrogen) atoms. The Morgan fingerprint density at radius 1 is 1.18 bits per heavy atom. The van der Waals surface area contributed by atoms with E-state index in [9.17, 15) is 13.2 Å². The van der Waals surface area contributed by atoms with Gasteiger partial charge in [0, 0.05) is 39.1 Å². The summed E-state index contributed by atoms with van der Waals surface area (Å²) in [5.74, 6) is 0.646. The zero-order chi connectivity index (χ0) is 16.0. The van der Waals surface area contributed by atoms with Gasteiger partial charge in [0.15, 0.2) is 0 Å². The van der Waals surface area contributed by atoms with Gasteiger partial charge in [-0.2, -0.15) is 0 Å². The Bertz CT molecular complexity index is 460. The topological polar surface area (TPSA) is 75.7 Å². The number of ether oxygens (including phenoxy) is 1. The zero-order valence-electron chi connectivity index (χ0n) is 13.4. The van der Waals surface area contributed by atoms with Crippen LogP contribution in [-0.2, 0) is 14.6 Å². The highest BCUT2D eigenvalue weighted by atomic mass is 32.2. The fourth-order valence-electron chi connectivity index (χ4n) is 3.23. The quantitative estimate of drug-likeness (QED) is 0.844. The highest BCUT2D eigenvalue weighted by Crippen LogP contribution is 2.19. The third-order valence-electron chi connectivity index (χ3n) is 4.74. The van der Waals surface area contributed by atoms with E-state index in [4.69, 9.17) is 4.74 Å². The number of urea groups is 1. The van der Waals surface area contributed by atoms with Crippen molar-refractivity contribution >= 4 is 15.9 Å². The van der Waals surface area contributed by atoms with E-state index in [1.54, 1.807) is 4.90 Å². The van der Waals surface area contributed by atoms with Crippen LogP contribution in [0.15, 0.2) is 0 Å². The molecule has 2 saturated heterocycles. The molecular weight excluding hydrogens is 304 g/mol. The van der Waals surface area contributed by atoms with E-state index in [1.807, 2.05) is 0 Å². The summed E-state index contributed by atoms with van der Waals surface area (Å²) in [6.07, 6.45) is 6.41. The van der Waals surface area contributed by atoms with Gasteiger partial charge in [-0.3, -0.25) is 0 Å². The SMILES string of the molecule is CS(=O)(=O)C1CCCN(C(=O)NCCC2CCOCC2)CC1. The van der Waals surface area contributed by atoms with E-state index < -0.39 is 9.84 Å². The molecule has 2 amide bonds. The Kier molecular flexibility index (Phi) is 6.50. The lowest BCUT2D eigenvalue weighted by Crippen LogP contribution is -2.41. The van der Waals surface area contributed by atoms with E-state index in [2.05, 4.69) is 5.32 Å². The largest absolute Gasteiger partial charge is 0.381 e. The van der Waals surface area contributed by atoms with Gasteiger partial charge in [0.05, 0.1) is 5.25 Å². The average Bonchev–Trinajstić information content (AvgIpc) is 2.74. The predicted octanol–water partition coefficient (Wildman–Crippen LogP) is 1.41. The van der Waals surface area contributed by atoms with Gasteiger partial charge in [0.1, 0.15) is 9.84 Å². The molecule has 2 fully saturated rings. The molecule has 2 aliphatic heterocycles. The summed E-state index contributed by atoms with van der Waals surface area (Å²) in [5, 5.41) is 2.68. The van der Waals surface area contributed by atoms with Crippen molar-refractivity contribution in [2.24, 2.45) is 5.92 Å². The maximum atomic E-state index is 12.2. The molecule has 128 valence electrons. The Morgan fingerprint density at radius 3 is 2.59 bits per heavy atom. The van der Waals surface area contributed by atoms with Crippen molar-refractivity contribution in [1.82, 2.24) is 10.2 Å². The van der Waals surface area contributed by atoms with E-state index >= 15 is 0 Å². The molecule has 1 unspecified atom stereocenters. The van der Waals surface area contributed by atoms with Crippen LogP contribution in [0.4, 0.5) is 4.79 Å². The van der Waals surface area contributed by atoms with Gasteiger partial charge in [0.2, 0.25) is 0 Å². The van der Waals surface area contributed by atoms with Gasteiger partial charge in [-0.1, -0.05) is 0 Å². The van der Waals surface area contributed by atoms with Crippen molar-refractivity contribution < 1.29 is 17.9 Å². The molecule has 0 aliphatic carbocycles. The molecule has 1 N–H and O–H groups in total. The van der Waals surface area contributed by atoms with Crippen molar-refractivity contribution in [2.45, 2.75) is 43.8 Å². The van der Waals surface area contributed by atoms with Crippen LogP contribution in [0.25, 0.3) is 0 Å². The molecule has 6 nitrogen and oxygen atoms in total. The summed E-state index contributed by atoms with van der Waals surface area (Å²) in [6, 6.07) is -0.0544. The van der Waals surface area contributed by atoms with E-state index in [1.165, 1.54) is 6.26 Å². The molecule has 0 radical (unpaired) electrons. The number of nitrogens with zero attached hydrogens (tertiary/aromatic N) is 1. The van der Waals surface area contributed by atoms with Gasteiger partial charge in [0.25, 0.3) is 0 Å². The minimum Gasteiger partial charge on any atom is -0.381 e. The first-order valence-electron chi connectivity index (χ1n) is 8.26. The molecule has 0 spiro atoms. The number of carbonyl (C=O) groups excluding carboxylic acids is 1. The Labute approximate surface area is 133 Å². The van der Waals surface area contributed by atoms with Crippen LogP contribution in [0.3, 0.4) is 0 Å². The smallest absolute Gasteiger partial charge is 0.317 e. The maximum Gasteiger partial charge on any atom is 0.317 e. The van der Waals surface area contributed by atoms with Crippen LogP contribution in [0.2, 0.25) is 0 Å². The first-order valence-corrected chi connectivity index (χ1v) is 10.2. The van der Waals surface area contributed by atoms with Crippen molar-refractivity contribution in [2.75, 3.05) is 39.1 Å². The average molecular weight is 332 g/mol. The van der Waals surface area contributed by atoms with Gasteiger partial charge >= 0.3 is 6.03 Å². The second kappa shape index (κ2) is 8.15. The first-order chi connectivity index (χ1) is 10.5. The number of amides is 2.